The molecule has 124 valence electrons. The molecule has 0 saturated carbocycles. The summed E-state index contributed by atoms with van der Waals surface area (Å²) in [5, 5.41) is 0. The Balaban J connectivity index is 4.08. The van der Waals surface area contributed by atoms with Crippen LogP contribution in [0, 0.1) is 0 Å². The van der Waals surface area contributed by atoms with Gasteiger partial charge in [-0.15, -0.1) is 0 Å². The van der Waals surface area contributed by atoms with Gasteiger partial charge in [-0.1, -0.05) is 0 Å². The number of carbonyl (C=O) groups is 2. The minimum absolute atomic E-state index is 0.422. The molecule has 0 radical (unpaired) electrons. The SMILES string of the molecule is CC(C)(C)OC(=O)C(N)CCC[C@@H](N)C(=O)OC(C)(C)C. The van der Waals surface area contributed by atoms with E-state index in [9.17, 15) is 9.59 Å². The lowest BCUT2D eigenvalue weighted by molar-refractivity contribution is -0.157. The molecule has 0 spiro atoms. The van der Waals surface area contributed by atoms with Gasteiger partial charge in [0.2, 0.25) is 0 Å². The largest absolute Gasteiger partial charge is 0.459 e. The number of hydrogen-bond donors (Lipinski definition) is 2. The van der Waals surface area contributed by atoms with Crippen molar-refractivity contribution in [3.63, 3.8) is 0 Å². The molecule has 2 atom stereocenters. The number of rotatable bonds is 6. The molecule has 0 bridgehead atoms. The molecular weight excluding hydrogens is 272 g/mol. The molecule has 0 aliphatic carbocycles. The molecule has 0 aromatic heterocycles. The monoisotopic (exact) mass is 302 g/mol. The normalized spacial score (nSPS) is 15.2. The Bertz CT molecular complexity index is 322. The summed E-state index contributed by atoms with van der Waals surface area (Å²) in [4.78, 5) is 23.4. The van der Waals surface area contributed by atoms with Crippen LogP contribution in [-0.4, -0.2) is 35.2 Å². The lowest BCUT2D eigenvalue weighted by atomic mass is 10.1. The van der Waals surface area contributed by atoms with Gasteiger partial charge in [-0.05, 0) is 60.8 Å². The Morgan fingerprint density at radius 1 is 0.810 bits per heavy atom. The minimum Gasteiger partial charge on any atom is -0.459 e. The second-order valence-electron chi connectivity index (χ2n) is 7.21. The molecule has 0 fully saturated rings. The Morgan fingerprint density at radius 3 is 1.33 bits per heavy atom. The summed E-state index contributed by atoms with van der Waals surface area (Å²) in [7, 11) is 0. The third-order valence-corrected chi connectivity index (χ3v) is 2.45. The van der Waals surface area contributed by atoms with Gasteiger partial charge in [0.25, 0.3) is 0 Å². The summed E-state index contributed by atoms with van der Waals surface area (Å²) in [6.45, 7) is 10.7. The highest BCUT2D eigenvalue weighted by Crippen LogP contribution is 2.12. The van der Waals surface area contributed by atoms with Crippen LogP contribution in [-0.2, 0) is 19.1 Å². The van der Waals surface area contributed by atoms with Gasteiger partial charge in [-0.3, -0.25) is 9.59 Å². The lowest BCUT2D eigenvalue weighted by Crippen LogP contribution is -2.39. The van der Waals surface area contributed by atoms with Crippen LogP contribution < -0.4 is 11.5 Å². The number of carbonyl (C=O) groups excluding carboxylic acids is 2. The predicted molar refractivity (Wildman–Crippen MR) is 81.5 cm³/mol. The average Bonchev–Trinajstić information content (AvgIpc) is 2.23. The fraction of sp³-hybridized carbons (Fsp3) is 0.867. The van der Waals surface area contributed by atoms with Crippen LogP contribution in [0.3, 0.4) is 0 Å². The molecule has 1 unspecified atom stereocenters. The summed E-state index contributed by atoms with van der Waals surface area (Å²) in [5.41, 5.74) is 10.4. The predicted octanol–water partition coefficient (Wildman–Crippen LogP) is 1.49. The van der Waals surface area contributed by atoms with Crippen LogP contribution in [0.1, 0.15) is 60.8 Å². The van der Waals surface area contributed by atoms with Crippen molar-refractivity contribution in [2.75, 3.05) is 0 Å². The van der Waals surface area contributed by atoms with Crippen LogP contribution in [0.4, 0.5) is 0 Å². The summed E-state index contributed by atoms with van der Waals surface area (Å²) in [6, 6.07) is -1.40. The summed E-state index contributed by atoms with van der Waals surface area (Å²) < 4.78 is 10.4. The number of nitrogens with two attached hydrogens (primary N) is 2. The molecule has 0 aliphatic rings. The van der Waals surface area contributed by atoms with E-state index in [0.717, 1.165) is 0 Å². The van der Waals surface area contributed by atoms with Gasteiger partial charge in [-0.25, -0.2) is 0 Å². The first kappa shape index (κ1) is 19.9. The fourth-order valence-electron chi connectivity index (χ4n) is 1.55. The second kappa shape index (κ2) is 7.75. The molecule has 21 heavy (non-hydrogen) atoms. The van der Waals surface area contributed by atoms with Gasteiger partial charge in [0.05, 0.1) is 0 Å². The first-order chi connectivity index (χ1) is 9.32. The molecule has 6 nitrogen and oxygen atoms in total. The van der Waals surface area contributed by atoms with Gasteiger partial charge < -0.3 is 20.9 Å². The van der Waals surface area contributed by atoms with E-state index >= 15 is 0 Å². The number of esters is 2. The van der Waals surface area contributed by atoms with Crippen molar-refractivity contribution in [1.82, 2.24) is 0 Å². The number of ether oxygens (including phenoxy) is 2. The lowest BCUT2D eigenvalue weighted by Gasteiger charge is -2.23. The second-order valence-corrected chi connectivity index (χ2v) is 7.21. The highest BCUT2D eigenvalue weighted by Gasteiger charge is 2.24. The zero-order valence-electron chi connectivity index (χ0n) is 14.1. The number of hydrogen-bond acceptors (Lipinski definition) is 6. The highest BCUT2D eigenvalue weighted by atomic mass is 16.6. The van der Waals surface area contributed by atoms with Crippen molar-refractivity contribution in [1.29, 1.82) is 0 Å². The summed E-state index contributed by atoms with van der Waals surface area (Å²) in [6.07, 6.45) is 1.40. The van der Waals surface area contributed by atoms with Crippen molar-refractivity contribution in [3.8, 4) is 0 Å². The van der Waals surface area contributed by atoms with Gasteiger partial charge in [0.15, 0.2) is 0 Å². The first-order valence-corrected chi connectivity index (χ1v) is 7.29. The molecule has 4 N–H and O–H groups in total. The minimum atomic E-state index is -0.699. The van der Waals surface area contributed by atoms with Crippen molar-refractivity contribution in [2.45, 2.75) is 84.1 Å². The van der Waals surface area contributed by atoms with E-state index in [-0.39, 0.29) is 0 Å². The molecule has 0 aromatic rings. The van der Waals surface area contributed by atoms with Crippen molar-refractivity contribution < 1.29 is 19.1 Å². The van der Waals surface area contributed by atoms with Crippen molar-refractivity contribution in [2.24, 2.45) is 11.5 Å². The molecular formula is C15H30N2O4. The fourth-order valence-corrected chi connectivity index (χ4v) is 1.55. The Hall–Kier alpha value is -1.14. The van der Waals surface area contributed by atoms with Crippen LogP contribution in [0.5, 0.6) is 0 Å². The third kappa shape index (κ3) is 10.3. The van der Waals surface area contributed by atoms with Crippen LogP contribution in [0.15, 0.2) is 0 Å². The quantitative estimate of drug-likeness (QED) is 0.720. The maximum absolute atomic E-state index is 11.7. The van der Waals surface area contributed by atoms with Gasteiger partial charge in [-0.2, -0.15) is 0 Å². The van der Waals surface area contributed by atoms with E-state index in [4.69, 9.17) is 20.9 Å². The van der Waals surface area contributed by atoms with E-state index < -0.39 is 35.2 Å². The van der Waals surface area contributed by atoms with E-state index in [1.165, 1.54) is 0 Å². The molecule has 0 aliphatic heterocycles. The smallest absolute Gasteiger partial charge is 0.323 e. The molecule has 0 rings (SSSR count). The average molecular weight is 302 g/mol. The maximum Gasteiger partial charge on any atom is 0.323 e. The summed E-state index contributed by atoms with van der Waals surface area (Å²) in [5.74, 6) is -0.873. The van der Waals surface area contributed by atoms with Crippen LogP contribution in [0.2, 0.25) is 0 Å². The van der Waals surface area contributed by atoms with Crippen molar-refractivity contribution in [3.05, 3.63) is 0 Å². The molecule has 0 amide bonds. The summed E-state index contributed by atoms with van der Waals surface area (Å²) >= 11 is 0. The van der Waals surface area contributed by atoms with Crippen molar-refractivity contribution >= 4 is 11.9 Å². The van der Waals surface area contributed by atoms with Crippen LogP contribution in [0.25, 0.3) is 0 Å². The van der Waals surface area contributed by atoms with Gasteiger partial charge >= 0.3 is 11.9 Å². The van der Waals surface area contributed by atoms with Gasteiger partial charge in [0.1, 0.15) is 23.3 Å². The van der Waals surface area contributed by atoms with Crippen LogP contribution >= 0.6 is 0 Å². The van der Waals surface area contributed by atoms with Gasteiger partial charge in [0, 0.05) is 0 Å². The molecule has 6 heteroatoms. The zero-order chi connectivity index (χ0) is 16.8. The maximum atomic E-state index is 11.7. The topological polar surface area (TPSA) is 105 Å². The van der Waals surface area contributed by atoms with E-state index in [1.807, 2.05) is 0 Å². The molecule has 0 saturated heterocycles. The van der Waals surface area contributed by atoms with E-state index in [0.29, 0.717) is 19.3 Å². The Morgan fingerprint density at radius 2 is 1.10 bits per heavy atom. The Kier molecular flexibility index (Phi) is 7.33. The molecule has 0 heterocycles. The third-order valence-electron chi connectivity index (χ3n) is 2.45. The first-order valence-electron chi connectivity index (χ1n) is 7.29. The van der Waals surface area contributed by atoms with E-state index in [2.05, 4.69) is 0 Å². The molecule has 0 aromatic carbocycles. The standard InChI is InChI=1S/C15H30N2O4/c1-14(2,3)20-12(18)10(16)8-7-9-11(17)13(19)21-15(4,5)6/h10-11H,7-9,16-17H2,1-6H3/t10-,11?/m1/s1. The zero-order valence-corrected chi connectivity index (χ0v) is 14.1. The highest BCUT2D eigenvalue weighted by molar-refractivity contribution is 5.76. The Labute approximate surface area is 127 Å². The van der Waals surface area contributed by atoms with E-state index in [1.54, 1.807) is 41.5 Å².